The Morgan fingerprint density at radius 1 is 1.14 bits per heavy atom. The van der Waals surface area contributed by atoms with Gasteiger partial charge in [-0.3, -0.25) is 9.48 Å². The molecule has 3 aromatic rings. The van der Waals surface area contributed by atoms with Gasteiger partial charge in [0.1, 0.15) is 11.4 Å². The summed E-state index contributed by atoms with van der Waals surface area (Å²) in [6, 6.07) is 11.4. The average Bonchev–Trinajstić information content (AvgIpc) is 3.19. The summed E-state index contributed by atoms with van der Waals surface area (Å²) in [5.74, 6) is -1.16. The Balaban J connectivity index is 2.07. The van der Waals surface area contributed by atoms with Gasteiger partial charge in [-0.2, -0.15) is 5.10 Å². The van der Waals surface area contributed by atoms with Crippen LogP contribution in [0.25, 0.3) is 11.3 Å². The molecule has 1 heterocycles. The molecular weight excluding hydrogens is 454 g/mol. The summed E-state index contributed by atoms with van der Waals surface area (Å²) in [7, 11) is 1.71. The van der Waals surface area contributed by atoms with E-state index in [-0.39, 0.29) is 22.5 Å². The number of aromatic nitrogens is 2. The van der Waals surface area contributed by atoms with Crippen LogP contribution >= 0.6 is 0 Å². The Labute approximate surface area is 212 Å². The number of carbonyl (C=O) groups excluding carboxylic acids is 1. The molecule has 190 valence electrons. The van der Waals surface area contributed by atoms with Gasteiger partial charge in [0.25, 0.3) is 0 Å². The van der Waals surface area contributed by atoms with Crippen molar-refractivity contribution >= 4 is 17.4 Å². The molecule has 3 N–H and O–H groups in total. The van der Waals surface area contributed by atoms with Crippen LogP contribution in [0.3, 0.4) is 0 Å². The van der Waals surface area contributed by atoms with Crippen molar-refractivity contribution in [1.82, 2.24) is 9.78 Å². The fraction of sp³-hybridized carbons (Fsp3) is 0.345. The van der Waals surface area contributed by atoms with Crippen LogP contribution in [-0.2, 0) is 23.7 Å². The number of carbonyl (C=O) groups is 2. The summed E-state index contributed by atoms with van der Waals surface area (Å²) < 4.78 is 7.41. The number of anilines is 1. The molecule has 2 aromatic carbocycles. The minimum atomic E-state index is -1.50. The summed E-state index contributed by atoms with van der Waals surface area (Å²) in [6.45, 7) is 14.9. The Kier molecular flexibility index (Phi) is 7.16. The lowest BCUT2D eigenvalue weighted by Crippen LogP contribution is -2.38. The highest BCUT2D eigenvalue weighted by atomic mass is 16.5. The van der Waals surface area contributed by atoms with Gasteiger partial charge in [-0.15, -0.1) is 6.58 Å². The molecule has 7 heteroatoms. The number of ether oxygens (including phenoxy) is 1. The maximum absolute atomic E-state index is 13.7. The van der Waals surface area contributed by atoms with Crippen LogP contribution in [0, 0.1) is 6.92 Å². The third kappa shape index (κ3) is 5.20. The molecule has 0 aliphatic heterocycles. The number of ketones is 1. The number of hydrogen-bond donors (Lipinski definition) is 2. The Hall–Kier alpha value is -3.87. The summed E-state index contributed by atoms with van der Waals surface area (Å²) in [6.07, 6.45) is 2.10. The molecule has 0 bridgehead atoms. The Morgan fingerprint density at radius 2 is 1.75 bits per heavy atom. The summed E-state index contributed by atoms with van der Waals surface area (Å²) in [5, 5.41) is 14.1. The zero-order valence-corrected chi connectivity index (χ0v) is 22.1. The maximum Gasteiger partial charge on any atom is 0.347 e. The van der Waals surface area contributed by atoms with Crippen molar-refractivity contribution in [3.05, 3.63) is 77.0 Å². The van der Waals surface area contributed by atoms with Gasteiger partial charge < -0.3 is 15.6 Å². The van der Waals surface area contributed by atoms with E-state index in [4.69, 9.17) is 10.5 Å². The number of nitrogens with zero attached hydrogens (tertiary/aromatic N) is 2. The monoisotopic (exact) mass is 489 g/mol. The summed E-state index contributed by atoms with van der Waals surface area (Å²) >= 11 is 0. The number of carboxylic acids is 1. The number of nitrogen functional groups attached to an aromatic ring is 1. The lowest BCUT2D eigenvalue weighted by molar-refractivity contribution is -0.152. The van der Waals surface area contributed by atoms with Crippen LogP contribution in [0.1, 0.15) is 67.4 Å². The van der Waals surface area contributed by atoms with Crippen LogP contribution in [0.15, 0.2) is 49.1 Å². The third-order valence-corrected chi connectivity index (χ3v) is 6.35. The molecule has 0 aliphatic carbocycles. The van der Waals surface area contributed by atoms with Crippen LogP contribution in [0.4, 0.5) is 5.69 Å². The van der Waals surface area contributed by atoms with Crippen LogP contribution in [-0.4, -0.2) is 32.2 Å². The molecule has 0 saturated carbocycles. The van der Waals surface area contributed by atoms with E-state index in [0.717, 1.165) is 5.56 Å². The number of aryl methyl sites for hydroxylation is 1. The number of rotatable bonds is 8. The van der Waals surface area contributed by atoms with Gasteiger partial charge in [0.2, 0.25) is 5.78 Å². The molecule has 1 aromatic heterocycles. The maximum atomic E-state index is 13.7. The smallest absolute Gasteiger partial charge is 0.347 e. The van der Waals surface area contributed by atoms with Crippen molar-refractivity contribution in [3.8, 4) is 17.0 Å². The summed E-state index contributed by atoms with van der Waals surface area (Å²) in [5.41, 5.74) is 9.96. The van der Waals surface area contributed by atoms with Crippen LogP contribution in [0.2, 0.25) is 0 Å². The second kappa shape index (κ2) is 9.64. The molecule has 7 nitrogen and oxygen atoms in total. The van der Waals surface area contributed by atoms with E-state index in [0.29, 0.717) is 34.6 Å². The molecule has 3 rings (SSSR count). The van der Waals surface area contributed by atoms with E-state index in [2.05, 4.69) is 44.6 Å². The van der Waals surface area contributed by atoms with Gasteiger partial charge in [-0.1, -0.05) is 51.1 Å². The van der Waals surface area contributed by atoms with Crippen molar-refractivity contribution in [2.75, 3.05) is 5.73 Å². The Bertz CT molecular complexity index is 1330. The van der Waals surface area contributed by atoms with E-state index in [9.17, 15) is 14.7 Å². The van der Waals surface area contributed by atoms with Crippen molar-refractivity contribution < 1.29 is 19.4 Å². The minimum Gasteiger partial charge on any atom is -0.478 e. The highest BCUT2D eigenvalue weighted by Crippen LogP contribution is 2.35. The fourth-order valence-corrected chi connectivity index (χ4v) is 3.94. The van der Waals surface area contributed by atoms with Gasteiger partial charge in [0.15, 0.2) is 5.60 Å². The molecule has 0 radical (unpaired) electrons. The van der Waals surface area contributed by atoms with E-state index in [1.54, 1.807) is 26.1 Å². The van der Waals surface area contributed by atoms with Crippen molar-refractivity contribution in [3.63, 3.8) is 0 Å². The van der Waals surface area contributed by atoms with Crippen molar-refractivity contribution in [2.45, 2.75) is 59.0 Å². The van der Waals surface area contributed by atoms with Crippen molar-refractivity contribution in [1.29, 1.82) is 0 Å². The topological polar surface area (TPSA) is 107 Å². The molecular formula is C29H35N3O4. The van der Waals surface area contributed by atoms with Gasteiger partial charge in [0, 0.05) is 23.9 Å². The molecule has 0 fully saturated rings. The minimum absolute atomic E-state index is 0.0336. The first-order valence-corrected chi connectivity index (χ1v) is 11.8. The normalized spacial score (nSPS) is 11.9. The second-order valence-electron chi connectivity index (χ2n) is 10.5. The standard InChI is InChI=1S/C29H35N3O4/c1-9-10-20-17(2)25(30)21(15-24(20)36-29(6,7)27(34)35)26(33)23-16-22(31-32(23)8)18-11-13-19(14-12-18)28(3,4)5/h9,11-16H,1,10,30H2,2-8H3,(H,34,35). The fourth-order valence-electron chi connectivity index (χ4n) is 3.94. The Morgan fingerprint density at radius 3 is 2.28 bits per heavy atom. The number of allylic oxidation sites excluding steroid dienone is 1. The highest BCUT2D eigenvalue weighted by molar-refractivity contribution is 6.12. The number of carboxylic acid groups (broad SMARTS) is 1. The first-order valence-electron chi connectivity index (χ1n) is 11.8. The largest absolute Gasteiger partial charge is 0.478 e. The van der Waals surface area contributed by atoms with Gasteiger partial charge in [-0.05, 0) is 55.9 Å². The molecule has 0 atom stereocenters. The molecule has 0 aliphatic rings. The molecule has 0 spiro atoms. The van der Waals surface area contributed by atoms with Crippen molar-refractivity contribution in [2.24, 2.45) is 7.05 Å². The lowest BCUT2D eigenvalue weighted by Gasteiger charge is -2.25. The second-order valence-corrected chi connectivity index (χ2v) is 10.5. The van der Waals surface area contributed by atoms with Gasteiger partial charge in [0.05, 0.1) is 11.3 Å². The number of hydrogen-bond acceptors (Lipinski definition) is 5. The highest BCUT2D eigenvalue weighted by Gasteiger charge is 2.32. The van der Waals surface area contributed by atoms with Crippen LogP contribution in [0.5, 0.6) is 5.75 Å². The third-order valence-electron chi connectivity index (χ3n) is 6.35. The van der Waals surface area contributed by atoms with Crippen LogP contribution < -0.4 is 10.5 Å². The van der Waals surface area contributed by atoms with E-state index in [1.807, 2.05) is 12.1 Å². The predicted octanol–water partition coefficient (Wildman–Crippen LogP) is 5.48. The lowest BCUT2D eigenvalue weighted by atomic mass is 9.86. The molecule has 36 heavy (non-hydrogen) atoms. The van der Waals surface area contributed by atoms with Gasteiger partial charge >= 0.3 is 5.97 Å². The first-order chi connectivity index (χ1) is 16.7. The van der Waals surface area contributed by atoms with E-state index in [1.165, 1.54) is 30.2 Å². The SMILES string of the molecule is C=CCc1c(OC(C)(C)C(=O)O)cc(C(=O)c2cc(-c3ccc(C(C)(C)C)cc3)nn2C)c(N)c1C. The van der Waals surface area contributed by atoms with Gasteiger partial charge in [-0.25, -0.2) is 4.79 Å². The summed E-state index contributed by atoms with van der Waals surface area (Å²) in [4.78, 5) is 25.4. The van der Waals surface area contributed by atoms with E-state index >= 15 is 0 Å². The quantitative estimate of drug-likeness (QED) is 0.247. The first kappa shape index (κ1) is 26.7. The van der Waals surface area contributed by atoms with E-state index < -0.39 is 11.6 Å². The number of nitrogens with two attached hydrogens (primary N) is 1. The molecule has 0 unspecified atom stereocenters. The number of aliphatic carboxylic acids is 1. The average molecular weight is 490 g/mol. The zero-order chi connectivity index (χ0) is 27.0. The zero-order valence-electron chi connectivity index (χ0n) is 22.1. The molecule has 0 amide bonds. The predicted molar refractivity (Wildman–Crippen MR) is 143 cm³/mol. The number of benzene rings is 2. The molecule has 0 saturated heterocycles.